The topological polar surface area (TPSA) is 37.4 Å². The second-order valence-corrected chi connectivity index (χ2v) is 3.74. The van der Waals surface area contributed by atoms with E-state index in [9.17, 15) is 9.59 Å². The van der Waals surface area contributed by atoms with Crippen LogP contribution < -0.4 is 0 Å². The number of nitrogens with zero attached hydrogens (tertiary/aromatic N) is 1. The van der Waals surface area contributed by atoms with Crippen molar-refractivity contribution in [3.63, 3.8) is 0 Å². The minimum atomic E-state index is -0.215. The molecular formula is C13H13NO2. The molecule has 2 amide bonds. The molecule has 1 aliphatic heterocycles. The summed E-state index contributed by atoms with van der Waals surface area (Å²) in [5.74, 6) is -0.431. The lowest BCUT2D eigenvalue weighted by atomic mass is 10.1. The van der Waals surface area contributed by atoms with Gasteiger partial charge in [-0.25, -0.2) is 0 Å². The molecule has 2 rings (SSSR count). The average Bonchev–Trinajstić information content (AvgIpc) is 2.57. The summed E-state index contributed by atoms with van der Waals surface area (Å²) in [6.07, 6.45) is 2.33. The fourth-order valence-corrected chi connectivity index (χ4v) is 1.96. The third-order valence-corrected chi connectivity index (χ3v) is 2.85. The lowest BCUT2D eigenvalue weighted by molar-refractivity contribution is 0.0612. The van der Waals surface area contributed by atoms with Gasteiger partial charge in [-0.3, -0.25) is 14.5 Å². The van der Waals surface area contributed by atoms with E-state index in [1.807, 2.05) is 6.92 Å². The van der Waals surface area contributed by atoms with Gasteiger partial charge in [-0.05, 0) is 18.6 Å². The third-order valence-electron chi connectivity index (χ3n) is 2.85. The largest absolute Gasteiger partial charge is 0.269 e. The van der Waals surface area contributed by atoms with Crippen LogP contribution in [-0.4, -0.2) is 22.8 Å². The maximum absolute atomic E-state index is 12.0. The number of fused-ring (bicyclic) bond motifs is 1. The number of benzene rings is 1. The molecular weight excluding hydrogens is 202 g/mol. The Kier molecular flexibility index (Phi) is 2.60. The van der Waals surface area contributed by atoms with Gasteiger partial charge in [0, 0.05) is 0 Å². The summed E-state index contributed by atoms with van der Waals surface area (Å²) in [5, 5.41) is 0. The fourth-order valence-electron chi connectivity index (χ4n) is 1.96. The van der Waals surface area contributed by atoms with E-state index in [0.717, 1.165) is 0 Å². The summed E-state index contributed by atoms with van der Waals surface area (Å²) in [7, 11) is 0. The average molecular weight is 215 g/mol. The smallest absolute Gasteiger partial charge is 0.262 e. The number of rotatable bonds is 3. The minimum absolute atomic E-state index is 0.215. The molecule has 0 fully saturated rings. The van der Waals surface area contributed by atoms with Gasteiger partial charge >= 0.3 is 0 Å². The first-order valence-corrected chi connectivity index (χ1v) is 5.30. The minimum Gasteiger partial charge on any atom is -0.269 e. The molecule has 1 heterocycles. The molecule has 0 unspecified atom stereocenters. The molecule has 0 saturated heterocycles. The second kappa shape index (κ2) is 3.93. The Morgan fingerprint density at radius 2 is 1.75 bits per heavy atom. The van der Waals surface area contributed by atoms with Gasteiger partial charge in [-0.15, -0.1) is 6.58 Å². The molecule has 0 N–H and O–H groups in total. The van der Waals surface area contributed by atoms with Crippen LogP contribution in [0.15, 0.2) is 36.9 Å². The lowest BCUT2D eigenvalue weighted by Crippen LogP contribution is -2.38. The van der Waals surface area contributed by atoms with Crippen molar-refractivity contribution in [2.24, 2.45) is 0 Å². The van der Waals surface area contributed by atoms with Gasteiger partial charge in [0.1, 0.15) is 0 Å². The molecule has 16 heavy (non-hydrogen) atoms. The van der Waals surface area contributed by atoms with Crippen molar-refractivity contribution in [2.45, 2.75) is 19.4 Å². The molecule has 3 nitrogen and oxygen atoms in total. The summed E-state index contributed by atoms with van der Waals surface area (Å²) in [5.41, 5.74) is 0.987. The normalized spacial score (nSPS) is 16.2. The van der Waals surface area contributed by atoms with Crippen molar-refractivity contribution < 1.29 is 9.59 Å². The van der Waals surface area contributed by atoms with E-state index in [4.69, 9.17) is 0 Å². The van der Waals surface area contributed by atoms with Crippen LogP contribution in [0.4, 0.5) is 0 Å². The molecule has 82 valence electrons. The van der Waals surface area contributed by atoms with Crippen molar-refractivity contribution >= 4 is 11.8 Å². The van der Waals surface area contributed by atoms with Gasteiger partial charge in [-0.1, -0.05) is 25.1 Å². The van der Waals surface area contributed by atoms with E-state index in [1.165, 1.54) is 4.90 Å². The number of imide groups is 1. The first-order valence-electron chi connectivity index (χ1n) is 5.30. The Balaban J connectivity index is 2.46. The monoisotopic (exact) mass is 215 g/mol. The zero-order valence-electron chi connectivity index (χ0n) is 9.14. The molecule has 0 spiro atoms. The Hall–Kier alpha value is -1.90. The zero-order valence-corrected chi connectivity index (χ0v) is 9.14. The molecule has 3 heteroatoms. The Morgan fingerprint density at radius 3 is 2.12 bits per heavy atom. The van der Waals surface area contributed by atoms with Gasteiger partial charge in [0.25, 0.3) is 11.8 Å². The van der Waals surface area contributed by atoms with Crippen molar-refractivity contribution in [2.75, 3.05) is 0 Å². The molecule has 1 aromatic rings. The summed E-state index contributed by atoms with van der Waals surface area (Å²) in [6, 6.07) is 6.69. The Morgan fingerprint density at radius 1 is 1.25 bits per heavy atom. The number of amides is 2. The summed E-state index contributed by atoms with van der Waals surface area (Å²) >= 11 is 0. The predicted molar refractivity (Wildman–Crippen MR) is 61.2 cm³/mol. The first-order chi connectivity index (χ1) is 7.70. The molecule has 1 aliphatic rings. The lowest BCUT2D eigenvalue weighted by Gasteiger charge is -2.21. The number of carbonyl (C=O) groups is 2. The highest BCUT2D eigenvalue weighted by Crippen LogP contribution is 2.25. The van der Waals surface area contributed by atoms with E-state index in [2.05, 4.69) is 6.58 Å². The van der Waals surface area contributed by atoms with Crippen LogP contribution in [0.2, 0.25) is 0 Å². The number of hydrogen-bond donors (Lipinski definition) is 0. The maximum atomic E-state index is 12.0. The van der Waals surface area contributed by atoms with Crippen LogP contribution in [0, 0.1) is 0 Å². The zero-order chi connectivity index (χ0) is 11.7. The Labute approximate surface area is 94.4 Å². The van der Waals surface area contributed by atoms with E-state index in [-0.39, 0.29) is 17.9 Å². The van der Waals surface area contributed by atoms with Crippen LogP contribution >= 0.6 is 0 Å². The summed E-state index contributed by atoms with van der Waals surface area (Å²) in [4.78, 5) is 25.3. The van der Waals surface area contributed by atoms with Gasteiger partial charge in [-0.2, -0.15) is 0 Å². The van der Waals surface area contributed by atoms with Crippen LogP contribution in [0.5, 0.6) is 0 Å². The quantitative estimate of drug-likeness (QED) is 0.573. The molecule has 0 bridgehead atoms. The molecule has 0 radical (unpaired) electrons. The van der Waals surface area contributed by atoms with Gasteiger partial charge in [0.15, 0.2) is 0 Å². The van der Waals surface area contributed by atoms with E-state index in [0.29, 0.717) is 17.5 Å². The highest BCUT2D eigenvalue weighted by molar-refractivity contribution is 6.21. The molecule has 1 atom stereocenters. The van der Waals surface area contributed by atoms with E-state index in [1.54, 1.807) is 30.3 Å². The van der Waals surface area contributed by atoms with Crippen LogP contribution in [0.3, 0.4) is 0 Å². The highest BCUT2D eigenvalue weighted by atomic mass is 16.2. The molecule has 0 aromatic heterocycles. The van der Waals surface area contributed by atoms with Gasteiger partial charge < -0.3 is 0 Å². The van der Waals surface area contributed by atoms with E-state index >= 15 is 0 Å². The second-order valence-electron chi connectivity index (χ2n) is 3.74. The van der Waals surface area contributed by atoms with E-state index < -0.39 is 0 Å². The Bertz CT molecular complexity index is 430. The van der Waals surface area contributed by atoms with Crippen molar-refractivity contribution in [1.29, 1.82) is 0 Å². The predicted octanol–water partition coefficient (Wildman–Crippen LogP) is 2.25. The van der Waals surface area contributed by atoms with Crippen LogP contribution in [0.1, 0.15) is 34.1 Å². The summed E-state index contributed by atoms with van der Waals surface area (Å²) < 4.78 is 0. The third kappa shape index (κ3) is 1.36. The van der Waals surface area contributed by atoms with Gasteiger partial charge in [0.2, 0.25) is 0 Å². The van der Waals surface area contributed by atoms with Crippen molar-refractivity contribution in [3.8, 4) is 0 Å². The molecule has 1 aromatic carbocycles. The van der Waals surface area contributed by atoms with Crippen LogP contribution in [-0.2, 0) is 0 Å². The highest BCUT2D eigenvalue weighted by Gasteiger charge is 2.37. The fraction of sp³-hybridized carbons (Fsp3) is 0.231. The van der Waals surface area contributed by atoms with Crippen LogP contribution in [0.25, 0.3) is 0 Å². The number of hydrogen-bond acceptors (Lipinski definition) is 2. The molecule has 0 saturated carbocycles. The molecule has 0 aliphatic carbocycles. The first kappa shape index (κ1) is 10.6. The summed E-state index contributed by atoms with van der Waals surface area (Å²) in [6.45, 7) is 5.59. The number of carbonyl (C=O) groups excluding carboxylic acids is 2. The maximum Gasteiger partial charge on any atom is 0.262 e. The SMILES string of the molecule is C=C[C@H](CC)N1C(=O)c2ccccc2C1=O. The van der Waals surface area contributed by atoms with Gasteiger partial charge in [0.05, 0.1) is 17.2 Å². The van der Waals surface area contributed by atoms with Crippen molar-refractivity contribution in [1.82, 2.24) is 4.90 Å². The van der Waals surface area contributed by atoms with Crippen molar-refractivity contribution in [3.05, 3.63) is 48.0 Å². The standard InChI is InChI=1S/C13H13NO2/c1-3-9(4-2)14-12(15)10-7-5-6-8-11(10)13(14)16/h3,5-9H,1,4H2,2H3/t9-/m1/s1.